The fourth-order valence-electron chi connectivity index (χ4n) is 3.32. The fraction of sp³-hybridized carbons (Fsp3) is 0.263. The molecule has 0 fully saturated rings. The van der Waals surface area contributed by atoms with Crippen LogP contribution in [0.15, 0.2) is 52.6 Å². The van der Waals surface area contributed by atoms with Crippen LogP contribution in [0.1, 0.15) is 33.3 Å². The monoisotopic (exact) mass is 436 g/mol. The van der Waals surface area contributed by atoms with Gasteiger partial charge in [-0.3, -0.25) is 14.9 Å². The molecule has 2 aliphatic heterocycles. The molecule has 0 aliphatic carbocycles. The number of nitrogens with two attached hydrogens (primary N) is 1. The molecule has 0 saturated carbocycles. The molecule has 0 radical (unpaired) electrons. The average molecular weight is 436 g/mol. The summed E-state index contributed by atoms with van der Waals surface area (Å²) in [4.78, 5) is 34.5. The first kappa shape index (κ1) is 20.6. The number of amides is 2. The molecule has 0 bridgehead atoms. The lowest BCUT2D eigenvalue weighted by Gasteiger charge is -2.15. The number of alkyl halides is 3. The Bertz CT molecular complexity index is 1090. The summed E-state index contributed by atoms with van der Waals surface area (Å²) in [7, 11) is 0. The van der Waals surface area contributed by atoms with Gasteiger partial charge in [0.2, 0.25) is 0 Å². The molecule has 31 heavy (non-hydrogen) atoms. The zero-order valence-corrected chi connectivity index (χ0v) is 16.2. The van der Waals surface area contributed by atoms with Crippen molar-refractivity contribution < 1.29 is 37.2 Å². The Kier molecular flexibility index (Phi) is 5.23. The Hall–Kier alpha value is -3.67. The standard InChI is InChI=1S/C19H16F3N5O4/c1-10-4-11(25-17(10)31-8-19(20,21)22)5-27-6-13-12(18(27)29)2-3-23-15(13)26-16(28)14-7-30-9-24-14/h2-4,7,9,25H,5-6,8H2,1H3,(H,23,26,28)/p+1. The molecular weight excluding hydrogens is 419 g/mol. The summed E-state index contributed by atoms with van der Waals surface area (Å²) in [5.74, 6) is -0.447. The highest BCUT2D eigenvalue weighted by Gasteiger charge is 2.35. The van der Waals surface area contributed by atoms with Crippen molar-refractivity contribution in [2.45, 2.75) is 19.6 Å². The molecule has 4 rings (SSSR count). The smallest absolute Gasteiger partial charge is 0.422 e. The summed E-state index contributed by atoms with van der Waals surface area (Å²) < 4.78 is 46.8. The van der Waals surface area contributed by atoms with Gasteiger partial charge < -0.3 is 19.4 Å². The van der Waals surface area contributed by atoms with Gasteiger partial charge in [0, 0.05) is 23.4 Å². The van der Waals surface area contributed by atoms with Crippen molar-refractivity contribution in [1.29, 1.82) is 0 Å². The molecule has 2 amide bonds. The number of hydrogen-bond donors (Lipinski definition) is 2. The van der Waals surface area contributed by atoms with Gasteiger partial charge in [0.15, 0.2) is 18.7 Å². The van der Waals surface area contributed by atoms with Crippen molar-refractivity contribution in [3.05, 3.63) is 65.0 Å². The topological polar surface area (TPSA) is 114 Å². The minimum atomic E-state index is -4.43. The van der Waals surface area contributed by atoms with Gasteiger partial charge in [-0.2, -0.15) is 13.2 Å². The van der Waals surface area contributed by atoms with Crippen molar-refractivity contribution in [3.63, 3.8) is 0 Å². The highest BCUT2D eigenvalue weighted by atomic mass is 19.4. The normalized spacial score (nSPS) is 15.9. The molecule has 4 heterocycles. The predicted molar refractivity (Wildman–Crippen MR) is 98.1 cm³/mol. The van der Waals surface area contributed by atoms with Gasteiger partial charge in [-0.25, -0.2) is 9.97 Å². The number of pyridine rings is 1. The van der Waals surface area contributed by atoms with Gasteiger partial charge in [0.1, 0.15) is 17.8 Å². The number of carbonyl (C=O) groups is 2. The quantitative estimate of drug-likeness (QED) is 0.710. The minimum Gasteiger partial charge on any atom is -0.451 e. The molecule has 9 nitrogen and oxygen atoms in total. The summed E-state index contributed by atoms with van der Waals surface area (Å²) in [5, 5.41) is 4.10. The van der Waals surface area contributed by atoms with Crippen LogP contribution >= 0.6 is 0 Å². The SMILES string of the molecule is CC1=C(OCC(F)(F)F)[NH2+]C(CN2Cc3c(ccnc3NC(=O)c3cocn3)C2=O)=C1. The van der Waals surface area contributed by atoms with Gasteiger partial charge in [-0.15, -0.1) is 0 Å². The number of oxazole rings is 1. The predicted octanol–water partition coefficient (Wildman–Crippen LogP) is 1.55. The number of nitrogens with zero attached hydrogens (tertiary/aromatic N) is 3. The summed E-state index contributed by atoms with van der Waals surface area (Å²) in [6.07, 6.45) is 0.960. The van der Waals surface area contributed by atoms with Gasteiger partial charge in [0.25, 0.3) is 17.7 Å². The number of quaternary nitrogens is 1. The number of ether oxygens (including phenoxy) is 1. The molecule has 0 spiro atoms. The maximum Gasteiger partial charge on any atom is 0.422 e. The van der Waals surface area contributed by atoms with Crippen LogP contribution in [0.4, 0.5) is 19.0 Å². The second-order valence-electron chi connectivity index (χ2n) is 6.99. The molecule has 0 unspecified atom stereocenters. The number of anilines is 1. The van der Waals surface area contributed by atoms with Crippen LogP contribution in [-0.4, -0.2) is 46.0 Å². The van der Waals surface area contributed by atoms with Gasteiger partial charge in [-0.05, 0) is 13.0 Å². The van der Waals surface area contributed by atoms with Crippen LogP contribution in [0.2, 0.25) is 0 Å². The van der Waals surface area contributed by atoms with Crippen molar-refractivity contribution in [2.24, 2.45) is 0 Å². The van der Waals surface area contributed by atoms with E-state index in [0.29, 0.717) is 22.4 Å². The first-order valence-corrected chi connectivity index (χ1v) is 9.14. The van der Waals surface area contributed by atoms with E-state index in [-0.39, 0.29) is 36.4 Å². The third kappa shape index (κ3) is 4.43. The molecule has 3 N–H and O–H groups in total. The van der Waals surface area contributed by atoms with Gasteiger partial charge in [0.05, 0.1) is 18.7 Å². The number of aromatic nitrogens is 2. The number of allylic oxidation sites excluding steroid dienone is 2. The second kappa shape index (κ2) is 7.87. The maximum atomic E-state index is 12.8. The molecule has 12 heteroatoms. The molecule has 0 atom stereocenters. The number of hydrogen-bond acceptors (Lipinski definition) is 6. The van der Waals surface area contributed by atoms with Crippen molar-refractivity contribution in [1.82, 2.24) is 14.9 Å². The maximum absolute atomic E-state index is 12.8. The van der Waals surface area contributed by atoms with Crippen LogP contribution in [-0.2, 0) is 11.3 Å². The zero-order chi connectivity index (χ0) is 22.2. The Morgan fingerprint density at radius 1 is 1.39 bits per heavy atom. The number of halogens is 3. The van der Waals surface area contributed by atoms with E-state index in [2.05, 4.69) is 15.3 Å². The zero-order valence-electron chi connectivity index (χ0n) is 16.2. The molecule has 0 aromatic carbocycles. The van der Waals surface area contributed by atoms with E-state index in [0.717, 1.165) is 6.39 Å². The summed E-state index contributed by atoms with van der Waals surface area (Å²) in [5.41, 5.74) is 2.19. The molecule has 0 saturated heterocycles. The molecule has 2 aromatic rings. The lowest BCUT2D eigenvalue weighted by Crippen LogP contribution is -2.80. The van der Waals surface area contributed by atoms with Crippen molar-refractivity contribution in [3.8, 4) is 0 Å². The Morgan fingerprint density at radius 2 is 2.19 bits per heavy atom. The van der Waals surface area contributed by atoms with E-state index in [1.165, 1.54) is 22.7 Å². The number of fused-ring (bicyclic) bond motifs is 1. The van der Waals surface area contributed by atoms with Crippen LogP contribution in [0, 0.1) is 0 Å². The van der Waals surface area contributed by atoms with Crippen molar-refractivity contribution >= 4 is 17.6 Å². The minimum absolute atomic E-state index is 0.0687. The molecule has 2 aliphatic rings. The number of carbonyl (C=O) groups excluding carboxylic acids is 2. The van der Waals surface area contributed by atoms with E-state index < -0.39 is 18.7 Å². The van der Waals surface area contributed by atoms with E-state index in [4.69, 9.17) is 9.15 Å². The molecule has 2 aromatic heterocycles. The largest absolute Gasteiger partial charge is 0.451 e. The third-order valence-electron chi connectivity index (χ3n) is 4.69. The lowest BCUT2D eigenvalue weighted by atomic mass is 10.1. The number of nitrogens with one attached hydrogen (secondary N) is 1. The highest BCUT2D eigenvalue weighted by molar-refractivity contribution is 6.05. The van der Waals surface area contributed by atoms with Crippen LogP contribution in [0.25, 0.3) is 0 Å². The van der Waals surface area contributed by atoms with E-state index >= 15 is 0 Å². The van der Waals surface area contributed by atoms with Gasteiger partial charge >= 0.3 is 6.18 Å². The summed E-state index contributed by atoms with van der Waals surface area (Å²) >= 11 is 0. The lowest BCUT2D eigenvalue weighted by molar-refractivity contribution is -0.584. The third-order valence-corrected chi connectivity index (χ3v) is 4.69. The highest BCUT2D eigenvalue weighted by Crippen LogP contribution is 2.28. The van der Waals surface area contributed by atoms with Crippen LogP contribution in [0.5, 0.6) is 0 Å². The molecular formula is C19H17F3N5O4+. The summed E-state index contributed by atoms with van der Waals surface area (Å²) in [6.45, 7) is 0.600. The van der Waals surface area contributed by atoms with Gasteiger partial charge in [-0.1, -0.05) is 0 Å². The van der Waals surface area contributed by atoms with Crippen LogP contribution < -0.4 is 10.6 Å². The average Bonchev–Trinajstić information content (AvgIpc) is 3.42. The Balaban J connectivity index is 1.42. The first-order valence-electron chi connectivity index (χ1n) is 9.14. The fourth-order valence-corrected chi connectivity index (χ4v) is 3.32. The first-order chi connectivity index (χ1) is 14.7. The van der Waals surface area contributed by atoms with Crippen LogP contribution in [0.3, 0.4) is 0 Å². The Morgan fingerprint density at radius 3 is 2.90 bits per heavy atom. The molecule has 162 valence electrons. The number of rotatable bonds is 6. The van der Waals surface area contributed by atoms with E-state index in [1.807, 2.05) is 0 Å². The Labute approximate surface area is 173 Å². The van der Waals surface area contributed by atoms with Crippen molar-refractivity contribution in [2.75, 3.05) is 18.5 Å². The van der Waals surface area contributed by atoms with E-state index in [9.17, 15) is 22.8 Å². The summed E-state index contributed by atoms with van der Waals surface area (Å²) in [6, 6.07) is 1.55. The van der Waals surface area contributed by atoms with E-state index in [1.54, 1.807) is 19.1 Å². The second-order valence-corrected chi connectivity index (χ2v) is 6.99.